The average Bonchev–Trinajstić information content (AvgIpc) is 2.74. The maximum absolute atomic E-state index is 12.2. The third-order valence-electron chi connectivity index (χ3n) is 4.30. The highest BCUT2D eigenvalue weighted by atomic mass is 16.5. The molecule has 2 saturated carbocycles. The van der Waals surface area contributed by atoms with Crippen LogP contribution < -0.4 is 11.1 Å². The predicted molar refractivity (Wildman–Crippen MR) is 66.5 cm³/mol. The van der Waals surface area contributed by atoms with E-state index < -0.39 is 0 Å². The second-order valence-corrected chi connectivity index (χ2v) is 5.66. The summed E-state index contributed by atoms with van der Waals surface area (Å²) in [7, 11) is 0. The summed E-state index contributed by atoms with van der Waals surface area (Å²) in [6, 6.07) is 0.0698. The molecule has 3 unspecified atom stereocenters. The minimum Gasteiger partial charge on any atom is -0.376 e. The number of hydrogen-bond acceptors (Lipinski definition) is 3. The molecule has 98 valence electrons. The second kappa shape index (κ2) is 4.94. The Labute approximate surface area is 103 Å². The molecule has 0 aromatic carbocycles. The summed E-state index contributed by atoms with van der Waals surface area (Å²) >= 11 is 0. The number of carbonyl (C=O) groups is 1. The molecule has 0 radical (unpaired) electrons. The van der Waals surface area contributed by atoms with E-state index in [0.717, 1.165) is 32.1 Å². The van der Waals surface area contributed by atoms with Gasteiger partial charge in [0.2, 0.25) is 5.91 Å². The molecule has 0 aromatic heterocycles. The van der Waals surface area contributed by atoms with Gasteiger partial charge in [-0.15, -0.1) is 0 Å². The Hall–Kier alpha value is -0.610. The van der Waals surface area contributed by atoms with Crippen molar-refractivity contribution in [3.05, 3.63) is 0 Å². The largest absolute Gasteiger partial charge is 0.376 e. The third-order valence-corrected chi connectivity index (χ3v) is 4.30. The lowest BCUT2D eigenvalue weighted by atomic mass is 9.81. The summed E-state index contributed by atoms with van der Waals surface area (Å²) in [6.45, 7) is 4.72. The zero-order valence-corrected chi connectivity index (χ0v) is 10.9. The summed E-state index contributed by atoms with van der Waals surface area (Å²) in [6.07, 6.45) is 5.30. The van der Waals surface area contributed by atoms with E-state index >= 15 is 0 Å². The quantitative estimate of drug-likeness (QED) is 0.775. The van der Waals surface area contributed by atoms with E-state index in [1.165, 1.54) is 0 Å². The van der Waals surface area contributed by atoms with E-state index in [-0.39, 0.29) is 29.5 Å². The Morgan fingerprint density at radius 3 is 2.65 bits per heavy atom. The van der Waals surface area contributed by atoms with Crippen molar-refractivity contribution in [2.75, 3.05) is 6.61 Å². The van der Waals surface area contributed by atoms with Gasteiger partial charge < -0.3 is 15.8 Å². The first-order valence-corrected chi connectivity index (χ1v) is 6.75. The lowest BCUT2D eigenvalue weighted by molar-refractivity contribution is -0.134. The molecule has 0 aromatic rings. The van der Waals surface area contributed by atoms with Gasteiger partial charge in [0.25, 0.3) is 0 Å². The fourth-order valence-electron chi connectivity index (χ4n) is 2.94. The van der Waals surface area contributed by atoms with Crippen LogP contribution in [0.2, 0.25) is 0 Å². The SMILES string of the molecule is CCOC1CC(N)C1NC(=O)C1(C)CCCC1. The molecule has 0 heterocycles. The number of ether oxygens (including phenoxy) is 1. The van der Waals surface area contributed by atoms with Crippen molar-refractivity contribution in [3.8, 4) is 0 Å². The van der Waals surface area contributed by atoms with Gasteiger partial charge in [-0.3, -0.25) is 4.79 Å². The number of rotatable bonds is 4. The Morgan fingerprint density at radius 1 is 1.47 bits per heavy atom. The monoisotopic (exact) mass is 240 g/mol. The fourth-order valence-corrected chi connectivity index (χ4v) is 2.94. The molecule has 1 amide bonds. The molecular weight excluding hydrogens is 216 g/mol. The molecule has 2 aliphatic carbocycles. The number of hydrogen-bond donors (Lipinski definition) is 2. The summed E-state index contributed by atoms with van der Waals surface area (Å²) in [5.74, 6) is 0.167. The van der Waals surface area contributed by atoms with Crippen LogP contribution in [-0.2, 0) is 9.53 Å². The van der Waals surface area contributed by atoms with Gasteiger partial charge in [0.15, 0.2) is 0 Å². The van der Waals surface area contributed by atoms with E-state index in [0.29, 0.717) is 6.61 Å². The molecule has 2 aliphatic rings. The average molecular weight is 240 g/mol. The Morgan fingerprint density at radius 2 is 2.12 bits per heavy atom. The summed E-state index contributed by atoms with van der Waals surface area (Å²) in [5.41, 5.74) is 5.76. The lowest BCUT2D eigenvalue weighted by Crippen LogP contribution is -2.66. The second-order valence-electron chi connectivity index (χ2n) is 5.66. The van der Waals surface area contributed by atoms with Gasteiger partial charge >= 0.3 is 0 Å². The van der Waals surface area contributed by atoms with Crippen LogP contribution in [0.4, 0.5) is 0 Å². The van der Waals surface area contributed by atoms with Gasteiger partial charge in [-0.2, -0.15) is 0 Å². The molecule has 17 heavy (non-hydrogen) atoms. The highest BCUT2D eigenvalue weighted by Crippen LogP contribution is 2.38. The van der Waals surface area contributed by atoms with E-state index in [2.05, 4.69) is 12.2 Å². The summed E-state index contributed by atoms with van der Waals surface area (Å²) < 4.78 is 5.56. The van der Waals surface area contributed by atoms with Crippen LogP contribution in [-0.4, -0.2) is 30.7 Å². The first-order valence-electron chi connectivity index (χ1n) is 6.75. The molecule has 4 nitrogen and oxygen atoms in total. The fraction of sp³-hybridized carbons (Fsp3) is 0.923. The molecule has 2 fully saturated rings. The van der Waals surface area contributed by atoms with Gasteiger partial charge in [-0.05, 0) is 26.2 Å². The number of nitrogens with two attached hydrogens (primary N) is 1. The van der Waals surface area contributed by atoms with E-state index in [9.17, 15) is 4.79 Å². The molecule has 0 saturated heterocycles. The lowest BCUT2D eigenvalue weighted by Gasteiger charge is -2.43. The number of carbonyl (C=O) groups excluding carboxylic acids is 1. The molecule has 0 bridgehead atoms. The van der Waals surface area contributed by atoms with E-state index in [4.69, 9.17) is 10.5 Å². The van der Waals surface area contributed by atoms with Crippen molar-refractivity contribution < 1.29 is 9.53 Å². The Balaban J connectivity index is 1.89. The maximum Gasteiger partial charge on any atom is 0.226 e. The standard InChI is InChI=1S/C13H24N2O2/c1-3-17-10-8-9(14)11(10)15-12(16)13(2)6-4-5-7-13/h9-11H,3-8,14H2,1-2H3,(H,15,16). The zero-order chi connectivity index (χ0) is 12.5. The topological polar surface area (TPSA) is 64.3 Å². The van der Waals surface area contributed by atoms with Crippen LogP contribution in [0.15, 0.2) is 0 Å². The first kappa shape index (κ1) is 12.8. The highest BCUT2D eigenvalue weighted by molar-refractivity contribution is 5.83. The van der Waals surface area contributed by atoms with Gasteiger partial charge in [-0.25, -0.2) is 0 Å². The molecule has 4 heteroatoms. The van der Waals surface area contributed by atoms with Gasteiger partial charge in [0.1, 0.15) is 0 Å². The van der Waals surface area contributed by atoms with Crippen molar-refractivity contribution in [1.29, 1.82) is 0 Å². The molecular formula is C13H24N2O2. The summed E-state index contributed by atoms with van der Waals surface area (Å²) in [4.78, 5) is 12.2. The van der Waals surface area contributed by atoms with Crippen LogP contribution in [0.5, 0.6) is 0 Å². The molecule has 0 aliphatic heterocycles. The Kier molecular flexibility index (Phi) is 3.73. The predicted octanol–water partition coefficient (Wildman–Crippen LogP) is 1.19. The van der Waals surface area contributed by atoms with Crippen LogP contribution in [0, 0.1) is 5.41 Å². The molecule has 2 rings (SSSR count). The van der Waals surface area contributed by atoms with Gasteiger partial charge in [-0.1, -0.05) is 19.8 Å². The normalized spacial score (nSPS) is 35.4. The van der Waals surface area contributed by atoms with E-state index in [1.807, 2.05) is 6.92 Å². The van der Waals surface area contributed by atoms with Crippen molar-refractivity contribution in [2.45, 2.75) is 64.1 Å². The molecule has 3 atom stereocenters. The minimum absolute atomic E-state index is 0.0138. The van der Waals surface area contributed by atoms with Crippen molar-refractivity contribution in [3.63, 3.8) is 0 Å². The number of nitrogens with one attached hydrogen (secondary N) is 1. The van der Waals surface area contributed by atoms with Gasteiger partial charge in [0.05, 0.1) is 12.1 Å². The third kappa shape index (κ3) is 2.47. The van der Waals surface area contributed by atoms with Crippen molar-refractivity contribution >= 4 is 5.91 Å². The van der Waals surface area contributed by atoms with E-state index in [1.54, 1.807) is 0 Å². The number of amides is 1. The van der Waals surface area contributed by atoms with Crippen LogP contribution in [0.1, 0.15) is 46.0 Å². The van der Waals surface area contributed by atoms with Crippen LogP contribution in [0.25, 0.3) is 0 Å². The van der Waals surface area contributed by atoms with Crippen molar-refractivity contribution in [1.82, 2.24) is 5.32 Å². The maximum atomic E-state index is 12.2. The van der Waals surface area contributed by atoms with Gasteiger partial charge in [0, 0.05) is 18.1 Å². The first-order chi connectivity index (χ1) is 8.07. The molecule has 0 spiro atoms. The van der Waals surface area contributed by atoms with Crippen molar-refractivity contribution in [2.24, 2.45) is 11.1 Å². The summed E-state index contributed by atoms with van der Waals surface area (Å²) in [5, 5.41) is 3.09. The minimum atomic E-state index is -0.175. The van der Waals surface area contributed by atoms with Crippen LogP contribution in [0.3, 0.4) is 0 Å². The smallest absolute Gasteiger partial charge is 0.226 e. The Bertz CT molecular complexity index is 285. The highest BCUT2D eigenvalue weighted by Gasteiger charge is 2.44. The van der Waals surface area contributed by atoms with Crippen LogP contribution >= 0.6 is 0 Å². The zero-order valence-electron chi connectivity index (χ0n) is 10.9. The molecule has 3 N–H and O–H groups in total.